The van der Waals surface area contributed by atoms with Crippen molar-refractivity contribution in [3.05, 3.63) is 41.5 Å². The molecule has 0 bridgehead atoms. The standard InChI is InChI=1S/C20H27NO3/c1-15(2)18(17-6-4-16(3)5-7-17)14-19(22)21-10-8-20(9-11-21)23-12-13-24-20/h4-7,14-15H,8-13H2,1-3H3/b18-14+. The Morgan fingerprint density at radius 2 is 1.71 bits per heavy atom. The van der Waals surface area contributed by atoms with Crippen molar-refractivity contribution in [1.29, 1.82) is 0 Å². The molecule has 1 amide bonds. The van der Waals surface area contributed by atoms with Crippen LogP contribution >= 0.6 is 0 Å². The molecule has 2 heterocycles. The van der Waals surface area contributed by atoms with E-state index in [9.17, 15) is 4.79 Å². The van der Waals surface area contributed by atoms with Crippen LogP contribution in [0.15, 0.2) is 30.3 Å². The molecule has 1 aromatic carbocycles. The average molecular weight is 329 g/mol. The lowest BCUT2D eigenvalue weighted by molar-refractivity contribution is -0.186. The number of carbonyl (C=O) groups excluding carboxylic acids is 1. The number of ether oxygens (including phenoxy) is 2. The molecule has 4 heteroatoms. The molecule has 0 unspecified atom stereocenters. The van der Waals surface area contributed by atoms with Gasteiger partial charge in [0.25, 0.3) is 0 Å². The largest absolute Gasteiger partial charge is 0.347 e. The van der Waals surface area contributed by atoms with E-state index in [1.165, 1.54) is 5.56 Å². The molecule has 4 nitrogen and oxygen atoms in total. The number of nitrogens with zero attached hydrogens (tertiary/aromatic N) is 1. The fraction of sp³-hybridized carbons (Fsp3) is 0.550. The number of hydrogen-bond donors (Lipinski definition) is 0. The van der Waals surface area contributed by atoms with E-state index in [-0.39, 0.29) is 5.91 Å². The Labute approximate surface area is 144 Å². The zero-order valence-electron chi connectivity index (χ0n) is 14.9. The van der Waals surface area contributed by atoms with Gasteiger partial charge in [0.2, 0.25) is 5.91 Å². The van der Waals surface area contributed by atoms with Gasteiger partial charge in [0.1, 0.15) is 0 Å². The Morgan fingerprint density at radius 1 is 1.12 bits per heavy atom. The van der Waals surface area contributed by atoms with Crippen LogP contribution < -0.4 is 0 Å². The molecule has 1 spiro atoms. The summed E-state index contributed by atoms with van der Waals surface area (Å²) in [6, 6.07) is 8.38. The first-order chi connectivity index (χ1) is 11.5. The van der Waals surface area contributed by atoms with Gasteiger partial charge in [-0.05, 0) is 24.0 Å². The Morgan fingerprint density at radius 3 is 2.25 bits per heavy atom. The highest BCUT2D eigenvalue weighted by Gasteiger charge is 2.40. The third-order valence-corrected chi connectivity index (χ3v) is 4.94. The lowest BCUT2D eigenvalue weighted by Gasteiger charge is -2.37. The van der Waals surface area contributed by atoms with Crippen LogP contribution in [0.1, 0.15) is 37.8 Å². The van der Waals surface area contributed by atoms with E-state index in [1.807, 2.05) is 11.0 Å². The predicted octanol–water partition coefficient (Wildman–Crippen LogP) is 3.40. The first-order valence-corrected chi connectivity index (χ1v) is 8.84. The van der Waals surface area contributed by atoms with E-state index in [0.29, 0.717) is 32.2 Å². The first-order valence-electron chi connectivity index (χ1n) is 8.84. The number of piperidine rings is 1. The molecule has 0 aromatic heterocycles. The third kappa shape index (κ3) is 3.70. The van der Waals surface area contributed by atoms with Crippen LogP contribution in [0, 0.1) is 12.8 Å². The predicted molar refractivity (Wildman–Crippen MR) is 94.4 cm³/mol. The number of hydrogen-bond acceptors (Lipinski definition) is 3. The summed E-state index contributed by atoms with van der Waals surface area (Å²) in [5, 5.41) is 0. The van der Waals surface area contributed by atoms with E-state index in [0.717, 1.165) is 24.0 Å². The van der Waals surface area contributed by atoms with Gasteiger partial charge in [-0.2, -0.15) is 0 Å². The number of carbonyl (C=O) groups is 1. The summed E-state index contributed by atoms with van der Waals surface area (Å²) in [7, 11) is 0. The van der Waals surface area contributed by atoms with Crippen LogP contribution in [0.4, 0.5) is 0 Å². The minimum absolute atomic E-state index is 0.0899. The van der Waals surface area contributed by atoms with Crippen molar-refractivity contribution in [2.45, 2.75) is 39.4 Å². The summed E-state index contributed by atoms with van der Waals surface area (Å²) < 4.78 is 11.5. The number of likely N-dealkylation sites (tertiary alicyclic amines) is 1. The minimum atomic E-state index is -0.432. The second kappa shape index (κ2) is 7.08. The van der Waals surface area contributed by atoms with Gasteiger partial charge in [-0.1, -0.05) is 43.7 Å². The number of allylic oxidation sites excluding steroid dienone is 1. The van der Waals surface area contributed by atoms with Crippen LogP contribution in [0.2, 0.25) is 0 Å². The topological polar surface area (TPSA) is 38.8 Å². The number of aryl methyl sites for hydroxylation is 1. The molecule has 0 N–H and O–H groups in total. The van der Waals surface area contributed by atoms with E-state index in [4.69, 9.17) is 9.47 Å². The van der Waals surface area contributed by atoms with Crippen LogP contribution in [-0.2, 0) is 14.3 Å². The van der Waals surface area contributed by atoms with Crippen molar-refractivity contribution < 1.29 is 14.3 Å². The molecular weight excluding hydrogens is 302 g/mol. The van der Waals surface area contributed by atoms with Crippen LogP contribution in [0.5, 0.6) is 0 Å². The molecule has 130 valence electrons. The van der Waals surface area contributed by atoms with Gasteiger partial charge in [0, 0.05) is 32.0 Å². The van der Waals surface area contributed by atoms with Gasteiger partial charge in [-0.3, -0.25) is 4.79 Å². The summed E-state index contributed by atoms with van der Waals surface area (Å²) in [5.74, 6) is -0.0420. The Bertz CT molecular complexity index is 602. The van der Waals surface area contributed by atoms with Crippen LogP contribution in [0.25, 0.3) is 5.57 Å². The highest BCUT2D eigenvalue weighted by Crippen LogP contribution is 2.32. The zero-order chi connectivity index (χ0) is 17.2. The normalized spacial score (nSPS) is 20.8. The van der Waals surface area contributed by atoms with Crippen molar-refractivity contribution >= 4 is 11.5 Å². The molecule has 2 fully saturated rings. The molecule has 1 aromatic rings. The summed E-state index contributed by atoms with van der Waals surface area (Å²) in [4.78, 5) is 14.6. The van der Waals surface area contributed by atoms with Crippen LogP contribution in [0.3, 0.4) is 0 Å². The van der Waals surface area contributed by atoms with Crippen molar-refractivity contribution in [2.24, 2.45) is 5.92 Å². The fourth-order valence-electron chi connectivity index (χ4n) is 3.41. The summed E-state index contributed by atoms with van der Waals surface area (Å²) in [5.41, 5.74) is 3.44. The highest BCUT2D eigenvalue weighted by atomic mass is 16.7. The molecule has 2 saturated heterocycles. The van der Waals surface area contributed by atoms with E-state index >= 15 is 0 Å². The molecular formula is C20H27NO3. The lowest BCUT2D eigenvalue weighted by Crippen LogP contribution is -2.46. The molecule has 2 aliphatic heterocycles. The number of benzene rings is 1. The van der Waals surface area contributed by atoms with Crippen molar-refractivity contribution in [2.75, 3.05) is 26.3 Å². The minimum Gasteiger partial charge on any atom is -0.347 e. The van der Waals surface area contributed by atoms with Crippen molar-refractivity contribution in [3.63, 3.8) is 0 Å². The van der Waals surface area contributed by atoms with Gasteiger partial charge < -0.3 is 14.4 Å². The molecule has 0 atom stereocenters. The average Bonchev–Trinajstić information content (AvgIpc) is 3.02. The molecule has 24 heavy (non-hydrogen) atoms. The van der Waals surface area contributed by atoms with E-state index < -0.39 is 5.79 Å². The van der Waals surface area contributed by atoms with Gasteiger partial charge >= 0.3 is 0 Å². The van der Waals surface area contributed by atoms with Crippen LogP contribution in [-0.4, -0.2) is 42.9 Å². The molecule has 0 saturated carbocycles. The van der Waals surface area contributed by atoms with Gasteiger partial charge in [-0.15, -0.1) is 0 Å². The SMILES string of the molecule is Cc1ccc(/C(=C/C(=O)N2CCC3(CC2)OCCO3)C(C)C)cc1. The number of amides is 1. The highest BCUT2D eigenvalue weighted by molar-refractivity contribution is 5.95. The van der Waals surface area contributed by atoms with Gasteiger partial charge in [0.05, 0.1) is 13.2 Å². The molecule has 2 aliphatic rings. The molecule has 0 radical (unpaired) electrons. The second-order valence-corrected chi connectivity index (χ2v) is 7.05. The monoisotopic (exact) mass is 329 g/mol. The maximum atomic E-state index is 12.7. The lowest BCUT2D eigenvalue weighted by atomic mass is 9.94. The third-order valence-electron chi connectivity index (χ3n) is 4.94. The Balaban J connectivity index is 1.71. The van der Waals surface area contributed by atoms with Gasteiger partial charge in [-0.25, -0.2) is 0 Å². The Hall–Kier alpha value is -1.65. The maximum Gasteiger partial charge on any atom is 0.246 e. The maximum absolute atomic E-state index is 12.7. The summed E-state index contributed by atoms with van der Waals surface area (Å²) >= 11 is 0. The smallest absolute Gasteiger partial charge is 0.246 e. The second-order valence-electron chi connectivity index (χ2n) is 7.05. The molecule has 3 rings (SSSR count). The summed E-state index contributed by atoms with van der Waals surface area (Å²) in [6.07, 6.45) is 3.33. The van der Waals surface area contributed by atoms with E-state index in [1.54, 1.807) is 0 Å². The first kappa shape index (κ1) is 17.2. The Kier molecular flexibility index (Phi) is 5.07. The van der Waals surface area contributed by atoms with Gasteiger partial charge in [0.15, 0.2) is 5.79 Å². The molecule has 0 aliphatic carbocycles. The zero-order valence-corrected chi connectivity index (χ0v) is 14.9. The number of rotatable bonds is 3. The summed E-state index contributed by atoms with van der Waals surface area (Å²) in [6.45, 7) is 9.04. The fourth-order valence-corrected chi connectivity index (χ4v) is 3.41. The van der Waals surface area contributed by atoms with Crippen molar-refractivity contribution in [1.82, 2.24) is 4.90 Å². The van der Waals surface area contributed by atoms with E-state index in [2.05, 4.69) is 45.0 Å². The quantitative estimate of drug-likeness (QED) is 0.798. The van der Waals surface area contributed by atoms with Crippen molar-refractivity contribution in [3.8, 4) is 0 Å².